The zero-order chi connectivity index (χ0) is 19.9. The number of aromatic nitrogens is 1. The molecule has 1 aromatic carbocycles. The van der Waals surface area contributed by atoms with Crippen molar-refractivity contribution in [2.24, 2.45) is 0 Å². The topological polar surface area (TPSA) is 227 Å². The van der Waals surface area contributed by atoms with Gasteiger partial charge in [-0.1, -0.05) is 13.3 Å². The number of carbonyl (C=O) groups is 2. The van der Waals surface area contributed by atoms with E-state index in [-0.39, 0.29) is 110 Å². The van der Waals surface area contributed by atoms with Gasteiger partial charge in [-0.15, -0.1) is 0 Å². The second kappa shape index (κ2) is 13.9. The first kappa shape index (κ1) is 35.1. The van der Waals surface area contributed by atoms with E-state index in [2.05, 4.69) is 0 Å². The Kier molecular flexibility index (Phi) is 15.2. The van der Waals surface area contributed by atoms with Crippen LogP contribution in [0.15, 0.2) is 32.2 Å². The number of carbonyl (C=O) groups excluding carboxylic acids is 2. The van der Waals surface area contributed by atoms with Gasteiger partial charge in [0, 0.05) is 29.6 Å². The van der Waals surface area contributed by atoms with Gasteiger partial charge in [-0.2, -0.15) is 0 Å². The standard InChI is InChI=1S/C19H17NO7.2Na.3H2O/c1-3-5-9-16-10(13(21)7-12(18(23)24)20(16)4-2)6-11-14(22)8-15(19(25)26)27-17(9)11;;;;;/h6-8H,3-5H2,1-2H3,(H,23,24)(H,25,26);;;3*1H2/q;2*+1;;;/p-2. The van der Waals surface area contributed by atoms with E-state index in [9.17, 15) is 29.4 Å². The molecule has 13 heteroatoms. The summed E-state index contributed by atoms with van der Waals surface area (Å²) in [7, 11) is 0. The van der Waals surface area contributed by atoms with Crippen LogP contribution in [-0.4, -0.2) is 32.9 Å². The van der Waals surface area contributed by atoms with Gasteiger partial charge in [0.05, 0.1) is 22.6 Å². The molecule has 2 heterocycles. The average Bonchev–Trinajstić information content (AvgIpc) is 2.62. The Morgan fingerprint density at radius 1 is 0.906 bits per heavy atom. The van der Waals surface area contributed by atoms with Crippen molar-refractivity contribution in [1.82, 2.24) is 4.57 Å². The summed E-state index contributed by atoms with van der Waals surface area (Å²) in [5.41, 5.74) is -0.805. The molecule has 0 fully saturated rings. The molecule has 6 N–H and O–H groups in total. The maximum Gasteiger partial charge on any atom is 1.00 e. The number of pyridine rings is 1. The molecule has 0 atom stereocenters. The molecule has 3 rings (SSSR count). The Hall–Kier alpha value is -1.54. The maximum absolute atomic E-state index is 12.5. The Morgan fingerprint density at radius 2 is 1.47 bits per heavy atom. The number of carboxylic acid groups (broad SMARTS) is 2. The molecule has 2 aromatic heterocycles. The van der Waals surface area contributed by atoms with Gasteiger partial charge in [-0.25, -0.2) is 0 Å². The number of carboxylic acids is 2. The van der Waals surface area contributed by atoms with E-state index in [1.807, 2.05) is 6.92 Å². The SMILES string of the molecule is CCCc1c2oc(C(=O)[O-])cc(=O)c2cc2c(=O)cc(C(=O)[O-])n(CC)c12.O.O.O.[Na+].[Na+]. The van der Waals surface area contributed by atoms with Crippen molar-refractivity contribution in [2.45, 2.75) is 33.2 Å². The molecule has 0 aliphatic rings. The Bertz CT molecular complexity index is 1230. The average molecular weight is 469 g/mol. The number of nitrogens with zero attached hydrogens (tertiary/aromatic N) is 1. The quantitative estimate of drug-likeness (QED) is 0.258. The fourth-order valence-electron chi connectivity index (χ4n) is 3.32. The zero-order valence-electron chi connectivity index (χ0n) is 18.2. The van der Waals surface area contributed by atoms with Crippen LogP contribution < -0.4 is 80.2 Å². The van der Waals surface area contributed by atoms with Gasteiger partial charge >= 0.3 is 59.1 Å². The van der Waals surface area contributed by atoms with Crippen LogP contribution >= 0.6 is 0 Å². The van der Waals surface area contributed by atoms with E-state index >= 15 is 0 Å². The monoisotopic (exact) mass is 469 g/mol. The molecule has 0 spiro atoms. The molecular weight excluding hydrogens is 448 g/mol. The van der Waals surface area contributed by atoms with Crippen LogP contribution in [0, 0.1) is 0 Å². The molecule has 0 aliphatic heterocycles. The Morgan fingerprint density at radius 3 is 1.94 bits per heavy atom. The van der Waals surface area contributed by atoms with E-state index in [1.54, 1.807) is 6.92 Å². The number of aryl methyl sites for hydroxylation is 2. The molecule has 0 saturated carbocycles. The van der Waals surface area contributed by atoms with E-state index in [4.69, 9.17) is 4.42 Å². The van der Waals surface area contributed by atoms with Crippen LogP contribution in [0.3, 0.4) is 0 Å². The second-order valence-electron chi connectivity index (χ2n) is 6.07. The summed E-state index contributed by atoms with van der Waals surface area (Å²) in [4.78, 5) is 47.5. The minimum absolute atomic E-state index is 0. The van der Waals surface area contributed by atoms with Gasteiger partial charge in [0.1, 0.15) is 11.6 Å². The van der Waals surface area contributed by atoms with Crippen molar-refractivity contribution in [2.75, 3.05) is 0 Å². The largest absolute Gasteiger partial charge is 1.00 e. The smallest absolute Gasteiger partial charge is 0.543 e. The van der Waals surface area contributed by atoms with Gasteiger partial charge in [-0.05, 0) is 19.4 Å². The van der Waals surface area contributed by atoms with Crippen LogP contribution in [0.2, 0.25) is 0 Å². The summed E-state index contributed by atoms with van der Waals surface area (Å²) < 4.78 is 6.79. The number of aromatic carboxylic acids is 2. The molecule has 0 unspecified atom stereocenters. The number of rotatable bonds is 5. The van der Waals surface area contributed by atoms with Crippen molar-refractivity contribution in [1.29, 1.82) is 0 Å². The third kappa shape index (κ3) is 6.07. The molecule has 32 heavy (non-hydrogen) atoms. The minimum atomic E-state index is -1.65. The molecular formula is C19H21NNa2O10. The molecule has 0 aliphatic carbocycles. The van der Waals surface area contributed by atoms with Crippen LogP contribution in [-0.2, 0) is 13.0 Å². The van der Waals surface area contributed by atoms with Crippen molar-refractivity contribution >= 4 is 33.8 Å². The van der Waals surface area contributed by atoms with Gasteiger partial charge in [-0.3, -0.25) is 9.59 Å². The molecule has 164 valence electrons. The predicted octanol–water partition coefficient (Wildman–Crippen LogP) is -8.66. The van der Waals surface area contributed by atoms with E-state index < -0.39 is 28.6 Å². The van der Waals surface area contributed by atoms with Crippen molar-refractivity contribution in [3.8, 4) is 0 Å². The first-order chi connectivity index (χ1) is 12.8. The zero-order valence-corrected chi connectivity index (χ0v) is 22.2. The summed E-state index contributed by atoms with van der Waals surface area (Å²) in [6.07, 6.45) is 0.921. The normalized spacial score (nSPS) is 9.44. The van der Waals surface area contributed by atoms with Crippen molar-refractivity contribution < 1.29 is 99.8 Å². The summed E-state index contributed by atoms with van der Waals surface area (Å²) in [5, 5.41) is 22.9. The van der Waals surface area contributed by atoms with Gasteiger partial charge < -0.3 is 45.2 Å². The fraction of sp³-hybridized carbons (Fsp3) is 0.263. The van der Waals surface area contributed by atoms with Crippen LogP contribution in [0.4, 0.5) is 0 Å². The second-order valence-corrected chi connectivity index (χ2v) is 6.07. The third-order valence-corrected chi connectivity index (χ3v) is 4.41. The van der Waals surface area contributed by atoms with Crippen molar-refractivity contribution in [3.05, 3.63) is 55.7 Å². The van der Waals surface area contributed by atoms with Crippen LogP contribution in [0.5, 0.6) is 0 Å². The summed E-state index contributed by atoms with van der Waals surface area (Å²) >= 11 is 0. The fourth-order valence-corrected chi connectivity index (χ4v) is 3.32. The summed E-state index contributed by atoms with van der Waals surface area (Å²) in [6, 6.07) is 3.06. The first-order valence-electron chi connectivity index (χ1n) is 8.40. The first-order valence-corrected chi connectivity index (χ1v) is 8.40. The van der Waals surface area contributed by atoms with E-state index in [0.29, 0.717) is 18.4 Å². The Labute approximate surface area is 225 Å². The van der Waals surface area contributed by atoms with E-state index in [0.717, 1.165) is 12.1 Å². The molecule has 3 aromatic rings. The minimum Gasteiger partial charge on any atom is -0.543 e. The number of hydrogen-bond donors (Lipinski definition) is 0. The summed E-state index contributed by atoms with van der Waals surface area (Å²) in [6.45, 7) is 3.76. The van der Waals surface area contributed by atoms with Gasteiger partial charge in [0.25, 0.3) is 0 Å². The molecule has 0 amide bonds. The molecule has 0 saturated heterocycles. The molecule has 0 bridgehead atoms. The molecule has 0 radical (unpaired) electrons. The van der Waals surface area contributed by atoms with Crippen molar-refractivity contribution in [3.63, 3.8) is 0 Å². The third-order valence-electron chi connectivity index (χ3n) is 4.41. The van der Waals surface area contributed by atoms with Gasteiger partial charge in [0.15, 0.2) is 16.6 Å². The molecule has 11 nitrogen and oxygen atoms in total. The number of benzene rings is 1. The maximum atomic E-state index is 12.5. The number of hydrogen-bond acceptors (Lipinski definition) is 7. The van der Waals surface area contributed by atoms with Crippen LogP contribution in [0.1, 0.15) is 46.9 Å². The van der Waals surface area contributed by atoms with Crippen LogP contribution in [0.25, 0.3) is 21.9 Å². The number of fused-ring (bicyclic) bond motifs is 2. The van der Waals surface area contributed by atoms with E-state index in [1.165, 1.54) is 10.6 Å². The predicted molar refractivity (Wildman–Crippen MR) is 103 cm³/mol. The summed E-state index contributed by atoms with van der Waals surface area (Å²) in [5.74, 6) is -3.79. The van der Waals surface area contributed by atoms with Gasteiger partial charge in [0.2, 0.25) is 0 Å². The Balaban J connectivity index is -0.00000168.